The van der Waals surface area contributed by atoms with Gasteiger partial charge in [0.25, 0.3) is 0 Å². The van der Waals surface area contributed by atoms with E-state index in [2.05, 4.69) is 18.0 Å². The fourth-order valence-corrected chi connectivity index (χ4v) is 3.30. The van der Waals surface area contributed by atoms with Crippen molar-refractivity contribution in [3.8, 4) is 11.5 Å². The highest BCUT2D eigenvalue weighted by Gasteiger charge is 2.36. The SMILES string of the molecule is CN1CCC(=O)N2c3ccccc3Oc3ccccc3C2C1. The molecular formula is C18H18N2O2. The Kier molecular flexibility index (Phi) is 3.12. The Morgan fingerprint density at radius 2 is 1.77 bits per heavy atom. The molecule has 112 valence electrons. The maximum atomic E-state index is 12.8. The molecule has 1 unspecified atom stereocenters. The Labute approximate surface area is 129 Å². The number of hydrogen-bond donors (Lipinski definition) is 0. The van der Waals surface area contributed by atoms with Crippen molar-refractivity contribution in [2.45, 2.75) is 12.5 Å². The van der Waals surface area contributed by atoms with Gasteiger partial charge in [-0.2, -0.15) is 0 Å². The molecule has 1 atom stereocenters. The number of para-hydroxylation sites is 3. The molecule has 4 heteroatoms. The number of likely N-dealkylation sites (N-methyl/N-ethyl adjacent to an activating group) is 1. The molecule has 2 heterocycles. The van der Waals surface area contributed by atoms with Gasteiger partial charge in [-0.15, -0.1) is 0 Å². The Balaban J connectivity index is 1.95. The van der Waals surface area contributed by atoms with Gasteiger partial charge in [-0.25, -0.2) is 0 Å². The van der Waals surface area contributed by atoms with Gasteiger partial charge in [0.05, 0.1) is 11.7 Å². The molecule has 2 aliphatic rings. The molecule has 4 rings (SSSR count). The number of benzene rings is 2. The van der Waals surface area contributed by atoms with Crippen LogP contribution in [0.4, 0.5) is 5.69 Å². The average molecular weight is 294 g/mol. The molecule has 4 nitrogen and oxygen atoms in total. The van der Waals surface area contributed by atoms with Gasteiger partial charge in [-0.3, -0.25) is 9.69 Å². The van der Waals surface area contributed by atoms with Crippen molar-refractivity contribution < 1.29 is 9.53 Å². The van der Waals surface area contributed by atoms with Crippen LogP contribution in [0, 0.1) is 0 Å². The van der Waals surface area contributed by atoms with Crippen LogP contribution in [-0.2, 0) is 4.79 Å². The molecule has 2 aliphatic heterocycles. The predicted octanol–water partition coefficient (Wildman–Crippen LogP) is 3.20. The predicted molar refractivity (Wildman–Crippen MR) is 85.3 cm³/mol. The lowest BCUT2D eigenvalue weighted by molar-refractivity contribution is -0.118. The summed E-state index contributed by atoms with van der Waals surface area (Å²) >= 11 is 0. The highest BCUT2D eigenvalue weighted by Crippen LogP contribution is 2.44. The molecule has 0 aliphatic carbocycles. The summed E-state index contributed by atoms with van der Waals surface area (Å²) < 4.78 is 6.11. The number of rotatable bonds is 0. The Bertz CT molecular complexity index is 729. The summed E-state index contributed by atoms with van der Waals surface area (Å²) in [4.78, 5) is 16.9. The molecule has 2 aromatic carbocycles. The summed E-state index contributed by atoms with van der Waals surface area (Å²) in [6, 6.07) is 15.8. The van der Waals surface area contributed by atoms with Crippen molar-refractivity contribution in [1.82, 2.24) is 4.90 Å². The Hall–Kier alpha value is -2.33. The van der Waals surface area contributed by atoms with E-state index >= 15 is 0 Å². The number of carbonyl (C=O) groups excluding carboxylic acids is 1. The van der Waals surface area contributed by atoms with E-state index in [9.17, 15) is 4.79 Å². The van der Waals surface area contributed by atoms with E-state index in [0.717, 1.165) is 35.8 Å². The first-order valence-electron chi connectivity index (χ1n) is 7.60. The van der Waals surface area contributed by atoms with Gasteiger partial charge >= 0.3 is 0 Å². The number of fused-ring (bicyclic) bond motifs is 5. The molecule has 0 N–H and O–H groups in total. The van der Waals surface area contributed by atoms with Crippen molar-refractivity contribution in [3.05, 3.63) is 54.1 Å². The lowest BCUT2D eigenvalue weighted by atomic mass is 10.0. The lowest BCUT2D eigenvalue weighted by Crippen LogP contribution is -2.35. The standard InChI is InChI=1S/C18H18N2O2/c1-19-11-10-18(21)20-14-7-3-5-9-17(14)22-16-8-4-2-6-13(16)15(20)12-19/h2-9,15H,10-12H2,1H3. The molecule has 0 radical (unpaired) electrons. The number of hydrogen-bond acceptors (Lipinski definition) is 3. The van der Waals surface area contributed by atoms with Gasteiger partial charge < -0.3 is 9.64 Å². The minimum atomic E-state index is -0.0140. The molecule has 1 saturated heterocycles. The third kappa shape index (κ3) is 2.07. The lowest BCUT2D eigenvalue weighted by Gasteiger charge is -2.30. The van der Waals surface area contributed by atoms with E-state index in [1.807, 2.05) is 47.4 Å². The minimum Gasteiger partial charge on any atom is -0.455 e. The zero-order chi connectivity index (χ0) is 15.1. The number of ether oxygens (including phenoxy) is 1. The van der Waals surface area contributed by atoms with E-state index in [4.69, 9.17) is 4.74 Å². The summed E-state index contributed by atoms with van der Waals surface area (Å²) in [5, 5.41) is 0. The second-order valence-electron chi connectivity index (χ2n) is 5.90. The first-order valence-corrected chi connectivity index (χ1v) is 7.60. The van der Waals surface area contributed by atoms with E-state index in [1.165, 1.54) is 0 Å². The van der Waals surface area contributed by atoms with Gasteiger partial charge in [0.2, 0.25) is 5.91 Å². The van der Waals surface area contributed by atoms with Crippen molar-refractivity contribution in [1.29, 1.82) is 0 Å². The fourth-order valence-electron chi connectivity index (χ4n) is 3.30. The van der Waals surface area contributed by atoms with E-state index in [-0.39, 0.29) is 11.9 Å². The largest absolute Gasteiger partial charge is 0.455 e. The maximum absolute atomic E-state index is 12.8. The minimum absolute atomic E-state index is 0.0140. The second kappa shape index (κ2) is 5.14. The van der Waals surface area contributed by atoms with Crippen LogP contribution in [0.5, 0.6) is 11.5 Å². The van der Waals surface area contributed by atoms with Crippen molar-refractivity contribution in [2.75, 3.05) is 25.0 Å². The molecule has 0 aromatic heterocycles. The number of amides is 1. The van der Waals surface area contributed by atoms with Crippen molar-refractivity contribution in [2.24, 2.45) is 0 Å². The zero-order valence-electron chi connectivity index (χ0n) is 12.5. The maximum Gasteiger partial charge on any atom is 0.229 e. The number of carbonyl (C=O) groups is 1. The summed E-state index contributed by atoms with van der Waals surface area (Å²) in [6.07, 6.45) is 0.531. The molecule has 0 spiro atoms. The van der Waals surface area contributed by atoms with Crippen LogP contribution in [0.2, 0.25) is 0 Å². The molecular weight excluding hydrogens is 276 g/mol. The van der Waals surface area contributed by atoms with Crippen LogP contribution < -0.4 is 9.64 Å². The van der Waals surface area contributed by atoms with E-state index < -0.39 is 0 Å². The third-order valence-electron chi connectivity index (χ3n) is 4.40. The van der Waals surface area contributed by atoms with Crippen LogP contribution >= 0.6 is 0 Å². The van der Waals surface area contributed by atoms with E-state index in [0.29, 0.717) is 6.42 Å². The summed E-state index contributed by atoms with van der Waals surface area (Å²) in [6.45, 7) is 1.59. The quantitative estimate of drug-likeness (QED) is 0.748. The van der Waals surface area contributed by atoms with Crippen LogP contribution in [-0.4, -0.2) is 30.9 Å². The Morgan fingerprint density at radius 1 is 1.05 bits per heavy atom. The van der Waals surface area contributed by atoms with Gasteiger partial charge in [-0.05, 0) is 25.2 Å². The fraction of sp³-hybridized carbons (Fsp3) is 0.278. The molecule has 0 saturated carbocycles. The Morgan fingerprint density at radius 3 is 2.64 bits per heavy atom. The van der Waals surface area contributed by atoms with Crippen LogP contribution in [0.1, 0.15) is 18.0 Å². The molecule has 22 heavy (non-hydrogen) atoms. The topological polar surface area (TPSA) is 32.8 Å². The smallest absolute Gasteiger partial charge is 0.229 e. The first kappa shape index (κ1) is 13.3. The monoisotopic (exact) mass is 294 g/mol. The number of nitrogens with zero attached hydrogens (tertiary/aromatic N) is 2. The summed E-state index contributed by atoms with van der Waals surface area (Å²) in [7, 11) is 2.07. The normalized spacial score (nSPS) is 21.0. The summed E-state index contributed by atoms with van der Waals surface area (Å²) in [5.74, 6) is 1.74. The summed E-state index contributed by atoms with van der Waals surface area (Å²) in [5.41, 5.74) is 1.94. The first-order chi connectivity index (χ1) is 10.7. The van der Waals surface area contributed by atoms with Gasteiger partial charge in [-0.1, -0.05) is 30.3 Å². The highest BCUT2D eigenvalue weighted by atomic mass is 16.5. The third-order valence-corrected chi connectivity index (χ3v) is 4.40. The zero-order valence-corrected chi connectivity index (χ0v) is 12.5. The molecule has 0 bridgehead atoms. The van der Waals surface area contributed by atoms with Crippen molar-refractivity contribution >= 4 is 11.6 Å². The van der Waals surface area contributed by atoms with Gasteiger partial charge in [0.15, 0.2) is 5.75 Å². The second-order valence-corrected chi connectivity index (χ2v) is 5.90. The molecule has 1 fully saturated rings. The van der Waals surface area contributed by atoms with Gasteiger partial charge in [0.1, 0.15) is 5.75 Å². The van der Waals surface area contributed by atoms with Crippen LogP contribution in [0.15, 0.2) is 48.5 Å². The van der Waals surface area contributed by atoms with Crippen molar-refractivity contribution in [3.63, 3.8) is 0 Å². The van der Waals surface area contributed by atoms with E-state index in [1.54, 1.807) is 0 Å². The molecule has 1 amide bonds. The van der Waals surface area contributed by atoms with Crippen LogP contribution in [0.25, 0.3) is 0 Å². The average Bonchev–Trinajstić information content (AvgIpc) is 2.76. The highest BCUT2D eigenvalue weighted by molar-refractivity contribution is 5.96. The van der Waals surface area contributed by atoms with Crippen LogP contribution in [0.3, 0.4) is 0 Å². The molecule has 2 aromatic rings. The van der Waals surface area contributed by atoms with Gasteiger partial charge in [0, 0.05) is 25.1 Å². The number of anilines is 1.